The van der Waals surface area contributed by atoms with Gasteiger partial charge in [0.05, 0.1) is 0 Å². The largest absolute Gasteiger partial charge is 0.357 e. The number of fused-ring (bicyclic) bond motifs is 1. The number of nitrogens with zero attached hydrogens (tertiary/aromatic N) is 3. The van der Waals surface area contributed by atoms with E-state index < -0.39 is 0 Å². The lowest BCUT2D eigenvalue weighted by molar-refractivity contribution is 0.243. The molecule has 3 heteroatoms. The third-order valence-electron chi connectivity index (χ3n) is 5.04. The second-order valence-corrected chi connectivity index (χ2v) is 6.77. The van der Waals surface area contributed by atoms with Crippen molar-refractivity contribution in [2.45, 2.75) is 38.8 Å². The summed E-state index contributed by atoms with van der Waals surface area (Å²) < 4.78 is 0. The van der Waals surface area contributed by atoms with Crippen LogP contribution in [0.3, 0.4) is 0 Å². The molecule has 0 unspecified atom stereocenters. The van der Waals surface area contributed by atoms with Crippen molar-refractivity contribution in [2.24, 2.45) is 0 Å². The molecule has 0 saturated carbocycles. The molecule has 23 heavy (non-hydrogen) atoms. The van der Waals surface area contributed by atoms with Crippen LogP contribution >= 0.6 is 0 Å². The highest BCUT2D eigenvalue weighted by atomic mass is 15.2. The molecule has 0 aliphatic carbocycles. The van der Waals surface area contributed by atoms with E-state index in [-0.39, 0.29) is 0 Å². The van der Waals surface area contributed by atoms with Gasteiger partial charge in [0.25, 0.3) is 0 Å². The van der Waals surface area contributed by atoms with Gasteiger partial charge in [-0.25, -0.2) is 4.98 Å². The highest BCUT2D eigenvalue weighted by Gasteiger charge is 2.19. The van der Waals surface area contributed by atoms with Gasteiger partial charge in [-0.05, 0) is 36.5 Å². The van der Waals surface area contributed by atoms with Crippen molar-refractivity contribution in [3.8, 4) is 0 Å². The second-order valence-electron chi connectivity index (χ2n) is 6.77. The van der Waals surface area contributed by atoms with Gasteiger partial charge < -0.3 is 4.90 Å². The minimum atomic E-state index is 1.03. The Morgan fingerprint density at radius 3 is 2.52 bits per heavy atom. The van der Waals surface area contributed by atoms with Gasteiger partial charge in [-0.2, -0.15) is 0 Å². The summed E-state index contributed by atoms with van der Waals surface area (Å²) >= 11 is 0. The van der Waals surface area contributed by atoms with E-state index in [1.165, 1.54) is 55.0 Å². The molecule has 1 aromatic carbocycles. The summed E-state index contributed by atoms with van der Waals surface area (Å²) in [5.74, 6) is 1.19. The minimum Gasteiger partial charge on any atom is -0.357 e. The first-order chi connectivity index (χ1) is 11.4. The molecule has 2 aliphatic heterocycles. The van der Waals surface area contributed by atoms with E-state index in [4.69, 9.17) is 4.98 Å². The molecule has 1 fully saturated rings. The van der Waals surface area contributed by atoms with Crippen LogP contribution in [0.2, 0.25) is 0 Å². The number of rotatable bonds is 3. The summed E-state index contributed by atoms with van der Waals surface area (Å²) in [5.41, 5.74) is 4.12. The van der Waals surface area contributed by atoms with Crippen molar-refractivity contribution >= 4 is 5.82 Å². The summed E-state index contributed by atoms with van der Waals surface area (Å²) in [6.07, 6.45) is 5.06. The topological polar surface area (TPSA) is 19.4 Å². The van der Waals surface area contributed by atoms with Crippen LogP contribution in [0.25, 0.3) is 0 Å². The Hall–Kier alpha value is -1.87. The first-order valence-electron chi connectivity index (χ1n) is 8.88. The average Bonchev–Trinajstić information content (AvgIpc) is 2.63. The van der Waals surface area contributed by atoms with Crippen LogP contribution in [0, 0.1) is 0 Å². The lowest BCUT2D eigenvalue weighted by Gasteiger charge is -2.31. The van der Waals surface area contributed by atoms with Crippen LogP contribution < -0.4 is 4.90 Å². The van der Waals surface area contributed by atoms with Crippen molar-refractivity contribution in [1.29, 1.82) is 0 Å². The number of pyridine rings is 1. The van der Waals surface area contributed by atoms with E-state index >= 15 is 0 Å². The van der Waals surface area contributed by atoms with Crippen molar-refractivity contribution in [3.05, 3.63) is 59.3 Å². The molecule has 1 aromatic heterocycles. The number of hydrogen-bond acceptors (Lipinski definition) is 3. The van der Waals surface area contributed by atoms with Crippen LogP contribution in [0.1, 0.15) is 36.1 Å². The molecule has 3 heterocycles. The van der Waals surface area contributed by atoms with Crippen LogP contribution in [0.4, 0.5) is 5.82 Å². The van der Waals surface area contributed by atoms with Gasteiger partial charge in [-0.3, -0.25) is 4.90 Å². The summed E-state index contributed by atoms with van der Waals surface area (Å²) in [7, 11) is 0. The maximum atomic E-state index is 4.98. The van der Waals surface area contributed by atoms with E-state index in [1.807, 2.05) is 0 Å². The molecule has 1 saturated heterocycles. The van der Waals surface area contributed by atoms with Gasteiger partial charge in [0.2, 0.25) is 0 Å². The first-order valence-corrected chi connectivity index (χ1v) is 8.88. The minimum absolute atomic E-state index is 1.03. The quantitative estimate of drug-likeness (QED) is 0.863. The van der Waals surface area contributed by atoms with Crippen molar-refractivity contribution < 1.29 is 0 Å². The maximum absolute atomic E-state index is 4.98. The zero-order chi connectivity index (χ0) is 15.5. The standard InChI is InChI=1S/C20H25N3/c1-3-7-17(8-4-1)15-22-14-11-19-18(16-22)9-10-20(21-19)23-12-5-2-6-13-23/h1,3-4,7-10H,2,5-6,11-16H2. The van der Waals surface area contributed by atoms with E-state index in [9.17, 15) is 0 Å². The van der Waals surface area contributed by atoms with Gasteiger partial charge in [0.1, 0.15) is 5.82 Å². The monoisotopic (exact) mass is 307 g/mol. The molecule has 0 amide bonds. The number of piperidine rings is 1. The molecule has 0 N–H and O–H groups in total. The SMILES string of the molecule is c1ccc(CN2CCc3nc(N4CCCCC4)ccc3C2)cc1. The third kappa shape index (κ3) is 3.40. The van der Waals surface area contributed by atoms with E-state index in [0.717, 1.165) is 26.1 Å². The molecule has 3 nitrogen and oxygen atoms in total. The van der Waals surface area contributed by atoms with Crippen LogP contribution in [-0.4, -0.2) is 29.5 Å². The van der Waals surface area contributed by atoms with E-state index in [0.29, 0.717) is 0 Å². The van der Waals surface area contributed by atoms with E-state index in [2.05, 4.69) is 52.3 Å². The highest BCUT2D eigenvalue weighted by Crippen LogP contribution is 2.24. The molecular weight excluding hydrogens is 282 g/mol. The number of aromatic nitrogens is 1. The smallest absolute Gasteiger partial charge is 0.128 e. The van der Waals surface area contributed by atoms with Gasteiger partial charge in [0, 0.05) is 44.8 Å². The Kier molecular flexibility index (Phi) is 4.29. The lowest BCUT2D eigenvalue weighted by atomic mass is 10.0. The van der Waals surface area contributed by atoms with Crippen LogP contribution in [-0.2, 0) is 19.5 Å². The lowest BCUT2D eigenvalue weighted by Crippen LogP contribution is -2.33. The van der Waals surface area contributed by atoms with Crippen LogP contribution in [0.5, 0.6) is 0 Å². The number of hydrogen-bond donors (Lipinski definition) is 0. The van der Waals surface area contributed by atoms with Gasteiger partial charge >= 0.3 is 0 Å². The summed E-state index contributed by atoms with van der Waals surface area (Å²) in [5, 5.41) is 0. The fourth-order valence-corrected chi connectivity index (χ4v) is 3.74. The summed E-state index contributed by atoms with van der Waals surface area (Å²) in [6, 6.07) is 15.3. The molecule has 2 aliphatic rings. The molecular formula is C20H25N3. The Balaban J connectivity index is 1.45. The molecule has 0 atom stereocenters. The zero-order valence-electron chi connectivity index (χ0n) is 13.7. The van der Waals surface area contributed by atoms with Crippen molar-refractivity contribution in [1.82, 2.24) is 9.88 Å². The second kappa shape index (κ2) is 6.71. The van der Waals surface area contributed by atoms with Crippen molar-refractivity contribution in [3.63, 3.8) is 0 Å². The molecule has 4 rings (SSSR count). The van der Waals surface area contributed by atoms with Crippen LogP contribution in [0.15, 0.2) is 42.5 Å². The van der Waals surface area contributed by atoms with Gasteiger partial charge in [0.15, 0.2) is 0 Å². The third-order valence-corrected chi connectivity index (χ3v) is 5.04. The molecule has 120 valence electrons. The molecule has 2 aromatic rings. The highest BCUT2D eigenvalue weighted by molar-refractivity contribution is 5.43. The van der Waals surface area contributed by atoms with Gasteiger partial charge in [-0.1, -0.05) is 36.4 Å². The maximum Gasteiger partial charge on any atom is 0.128 e. The Labute approximate surface area is 139 Å². The zero-order valence-corrected chi connectivity index (χ0v) is 13.7. The predicted octanol–water partition coefficient (Wildman–Crippen LogP) is 3.63. The van der Waals surface area contributed by atoms with Gasteiger partial charge in [-0.15, -0.1) is 0 Å². The molecule has 0 radical (unpaired) electrons. The fraction of sp³-hybridized carbons (Fsp3) is 0.450. The normalized spacial score (nSPS) is 18.7. The fourth-order valence-electron chi connectivity index (χ4n) is 3.74. The predicted molar refractivity (Wildman–Crippen MR) is 94.6 cm³/mol. The Morgan fingerprint density at radius 2 is 1.70 bits per heavy atom. The molecule has 0 bridgehead atoms. The Bertz CT molecular complexity index is 647. The van der Waals surface area contributed by atoms with E-state index in [1.54, 1.807) is 0 Å². The first kappa shape index (κ1) is 14.7. The average molecular weight is 307 g/mol. The summed E-state index contributed by atoms with van der Waals surface area (Å²) in [6.45, 7) is 5.52. The molecule has 0 spiro atoms. The van der Waals surface area contributed by atoms with Crippen molar-refractivity contribution in [2.75, 3.05) is 24.5 Å². The number of benzene rings is 1. The number of anilines is 1. The Morgan fingerprint density at radius 1 is 0.870 bits per heavy atom. The summed E-state index contributed by atoms with van der Waals surface area (Å²) in [4.78, 5) is 9.96.